The smallest absolute Gasteiger partial charge is 0.352 e. The van der Waals surface area contributed by atoms with E-state index in [-0.39, 0.29) is 5.91 Å². The van der Waals surface area contributed by atoms with Gasteiger partial charge in [-0.15, -0.1) is 0 Å². The van der Waals surface area contributed by atoms with E-state index in [1.165, 1.54) is 6.07 Å². The van der Waals surface area contributed by atoms with E-state index < -0.39 is 11.7 Å². The van der Waals surface area contributed by atoms with Crippen LogP contribution in [0.25, 0.3) is 0 Å². The Hall–Kier alpha value is -2.30. The zero-order chi connectivity index (χ0) is 17.7. The van der Waals surface area contributed by atoms with Crippen molar-refractivity contribution in [3.63, 3.8) is 0 Å². The molecule has 2 rings (SSSR count). The van der Waals surface area contributed by atoms with Crippen LogP contribution in [-0.4, -0.2) is 12.5 Å². The summed E-state index contributed by atoms with van der Waals surface area (Å²) in [5, 5.41) is 2.83. The summed E-state index contributed by atoms with van der Waals surface area (Å²) in [4.78, 5) is 11.9. The highest BCUT2D eigenvalue weighted by atomic mass is 19.4. The zero-order valence-corrected chi connectivity index (χ0v) is 13.7. The first kappa shape index (κ1) is 18.0. The molecule has 1 amide bonds. The van der Waals surface area contributed by atoms with Gasteiger partial charge in [-0.25, -0.2) is 0 Å². The average molecular weight is 335 g/mol. The molecule has 0 aliphatic carbocycles. The number of carbonyl (C=O) groups is 1. The van der Waals surface area contributed by atoms with Crippen LogP contribution in [0.3, 0.4) is 0 Å². The molecule has 2 aromatic rings. The molecule has 0 saturated heterocycles. The molecule has 0 heterocycles. The first-order valence-electron chi connectivity index (χ1n) is 7.79. The molecule has 0 aliphatic heterocycles. The van der Waals surface area contributed by atoms with Crippen molar-refractivity contribution in [1.82, 2.24) is 5.32 Å². The molecule has 2 nitrogen and oxygen atoms in total. The van der Waals surface area contributed by atoms with E-state index in [9.17, 15) is 18.0 Å². The van der Waals surface area contributed by atoms with Gasteiger partial charge in [0, 0.05) is 12.1 Å². The van der Waals surface area contributed by atoms with E-state index >= 15 is 0 Å². The highest BCUT2D eigenvalue weighted by Gasteiger charge is 2.30. The number of carbonyl (C=O) groups excluding carboxylic acids is 1. The largest absolute Gasteiger partial charge is 0.416 e. The summed E-state index contributed by atoms with van der Waals surface area (Å²) in [5.74, 6) is 0.225. The number of rotatable bonds is 5. The van der Waals surface area contributed by atoms with Gasteiger partial charge in [0.05, 0.1) is 5.56 Å². The lowest BCUT2D eigenvalue weighted by Crippen LogP contribution is -2.27. The predicted octanol–water partition coefficient (Wildman–Crippen LogP) is 4.68. The van der Waals surface area contributed by atoms with Crippen LogP contribution in [0.4, 0.5) is 13.2 Å². The van der Waals surface area contributed by atoms with Crippen LogP contribution in [-0.2, 0) is 12.6 Å². The Morgan fingerprint density at radius 1 is 1.04 bits per heavy atom. The summed E-state index contributed by atoms with van der Waals surface area (Å²) in [5.41, 5.74) is 1.34. The fraction of sp³-hybridized carbons (Fsp3) is 0.316. The first-order chi connectivity index (χ1) is 11.3. The van der Waals surface area contributed by atoms with Crippen molar-refractivity contribution >= 4 is 5.91 Å². The molecule has 0 unspecified atom stereocenters. The average Bonchev–Trinajstić information content (AvgIpc) is 2.53. The van der Waals surface area contributed by atoms with Crippen molar-refractivity contribution in [1.29, 1.82) is 0 Å². The first-order valence-corrected chi connectivity index (χ1v) is 7.79. The summed E-state index contributed by atoms with van der Waals surface area (Å²) in [6.45, 7) is 4.63. The normalized spacial score (nSPS) is 11.6. The van der Waals surface area contributed by atoms with Gasteiger partial charge >= 0.3 is 6.18 Å². The van der Waals surface area contributed by atoms with Gasteiger partial charge in [0.15, 0.2) is 0 Å². The van der Waals surface area contributed by atoms with Crippen molar-refractivity contribution in [3.05, 3.63) is 70.8 Å². The Morgan fingerprint density at radius 3 is 2.29 bits per heavy atom. The summed E-state index contributed by atoms with van der Waals surface area (Å²) < 4.78 is 38.2. The fourth-order valence-electron chi connectivity index (χ4n) is 2.27. The van der Waals surface area contributed by atoms with E-state index in [2.05, 4.69) is 5.32 Å². The van der Waals surface area contributed by atoms with E-state index in [0.29, 0.717) is 30.0 Å². The summed E-state index contributed by atoms with van der Waals surface area (Å²) in [7, 11) is 0. The van der Waals surface area contributed by atoms with E-state index in [1.54, 1.807) is 30.3 Å². The van der Waals surface area contributed by atoms with Crippen molar-refractivity contribution in [3.8, 4) is 0 Å². The van der Waals surface area contributed by atoms with Gasteiger partial charge in [0.1, 0.15) is 0 Å². The molecule has 0 spiro atoms. The zero-order valence-electron chi connectivity index (χ0n) is 13.7. The van der Waals surface area contributed by atoms with Crippen LogP contribution in [0.1, 0.15) is 40.9 Å². The van der Waals surface area contributed by atoms with Crippen LogP contribution in [0.5, 0.6) is 0 Å². The van der Waals surface area contributed by atoms with Crippen molar-refractivity contribution in [2.75, 3.05) is 6.54 Å². The molecule has 5 heteroatoms. The van der Waals surface area contributed by atoms with E-state index in [4.69, 9.17) is 0 Å². The van der Waals surface area contributed by atoms with Crippen molar-refractivity contribution in [2.24, 2.45) is 5.92 Å². The highest BCUT2D eigenvalue weighted by molar-refractivity contribution is 5.94. The molecule has 1 N–H and O–H groups in total. The molecule has 0 radical (unpaired) electrons. The van der Waals surface area contributed by atoms with Gasteiger partial charge < -0.3 is 5.32 Å². The Bertz CT molecular complexity index is 691. The molecule has 0 aliphatic rings. The minimum Gasteiger partial charge on any atom is -0.352 e. The minimum absolute atomic E-state index is 0.144. The monoisotopic (exact) mass is 335 g/mol. The van der Waals surface area contributed by atoms with Gasteiger partial charge in [0.2, 0.25) is 0 Å². The Kier molecular flexibility index (Phi) is 5.65. The third kappa shape index (κ3) is 5.11. The van der Waals surface area contributed by atoms with Gasteiger partial charge in [-0.1, -0.05) is 44.2 Å². The van der Waals surface area contributed by atoms with Crippen LogP contribution >= 0.6 is 0 Å². The van der Waals surface area contributed by atoms with Gasteiger partial charge in [-0.3, -0.25) is 4.79 Å². The molecule has 24 heavy (non-hydrogen) atoms. The quantitative estimate of drug-likeness (QED) is 0.844. The summed E-state index contributed by atoms with van der Waals surface area (Å²) >= 11 is 0. The number of benzene rings is 2. The lowest BCUT2D eigenvalue weighted by atomic mass is 10.0. The second-order valence-corrected chi connectivity index (χ2v) is 6.18. The molecular formula is C19H20F3NO. The number of nitrogens with one attached hydrogen (secondary N) is 1. The standard InChI is InChI=1S/C19H20F3NO/c1-13(2)12-23-18(24)16-8-6-14(7-9-16)10-15-4-3-5-17(11-15)19(20,21)22/h3-9,11,13H,10,12H2,1-2H3,(H,23,24). The number of amides is 1. The van der Waals surface area contributed by atoms with Crippen LogP contribution in [0, 0.1) is 5.92 Å². The Balaban J connectivity index is 2.05. The molecule has 0 aromatic heterocycles. The Morgan fingerprint density at radius 2 is 1.71 bits per heavy atom. The van der Waals surface area contributed by atoms with Gasteiger partial charge in [-0.2, -0.15) is 13.2 Å². The second-order valence-electron chi connectivity index (χ2n) is 6.18. The number of alkyl halides is 3. The lowest BCUT2D eigenvalue weighted by molar-refractivity contribution is -0.137. The third-order valence-corrected chi connectivity index (χ3v) is 3.55. The van der Waals surface area contributed by atoms with Crippen LogP contribution < -0.4 is 5.32 Å². The van der Waals surface area contributed by atoms with Crippen LogP contribution in [0.15, 0.2) is 48.5 Å². The maximum Gasteiger partial charge on any atom is 0.416 e. The van der Waals surface area contributed by atoms with Gasteiger partial charge in [-0.05, 0) is 41.7 Å². The molecule has 0 fully saturated rings. The summed E-state index contributed by atoms with van der Waals surface area (Å²) in [6, 6.07) is 12.2. The van der Waals surface area contributed by atoms with E-state index in [1.807, 2.05) is 13.8 Å². The van der Waals surface area contributed by atoms with Crippen LogP contribution in [0.2, 0.25) is 0 Å². The highest BCUT2D eigenvalue weighted by Crippen LogP contribution is 2.30. The minimum atomic E-state index is -4.34. The van der Waals surface area contributed by atoms with Gasteiger partial charge in [0.25, 0.3) is 5.91 Å². The SMILES string of the molecule is CC(C)CNC(=O)c1ccc(Cc2cccc(C(F)(F)F)c2)cc1. The maximum atomic E-state index is 12.7. The number of halogens is 3. The fourth-order valence-corrected chi connectivity index (χ4v) is 2.27. The van der Waals surface area contributed by atoms with Crippen molar-refractivity contribution in [2.45, 2.75) is 26.4 Å². The topological polar surface area (TPSA) is 29.1 Å². The third-order valence-electron chi connectivity index (χ3n) is 3.55. The molecular weight excluding hydrogens is 315 g/mol. The second kappa shape index (κ2) is 7.51. The predicted molar refractivity (Wildman–Crippen MR) is 87.9 cm³/mol. The molecule has 0 bridgehead atoms. The molecule has 2 aromatic carbocycles. The van der Waals surface area contributed by atoms with Crippen molar-refractivity contribution < 1.29 is 18.0 Å². The summed E-state index contributed by atoms with van der Waals surface area (Å²) in [6.07, 6.45) is -3.95. The maximum absolute atomic E-state index is 12.7. The Labute approximate surface area is 139 Å². The van der Waals surface area contributed by atoms with E-state index in [0.717, 1.165) is 17.7 Å². The molecule has 128 valence electrons. The lowest BCUT2D eigenvalue weighted by Gasteiger charge is -2.10. The molecule has 0 saturated carbocycles. The number of hydrogen-bond acceptors (Lipinski definition) is 1. The number of hydrogen-bond donors (Lipinski definition) is 1. The molecule has 0 atom stereocenters.